The van der Waals surface area contributed by atoms with Crippen LogP contribution in [0, 0.1) is 0 Å². The number of rotatable bonds is 6. The van der Waals surface area contributed by atoms with Gasteiger partial charge in [-0.15, -0.1) is 11.3 Å². The molecular formula is C14H16N4O3S. The highest BCUT2D eigenvalue weighted by atomic mass is 32.1. The molecule has 2 heterocycles. The molecule has 0 saturated heterocycles. The van der Waals surface area contributed by atoms with Crippen molar-refractivity contribution in [1.29, 1.82) is 0 Å². The van der Waals surface area contributed by atoms with Gasteiger partial charge in [0.05, 0.1) is 12.1 Å². The Kier molecular flexibility index (Phi) is 5.84. The van der Waals surface area contributed by atoms with E-state index in [1.807, 2.05) is 12.1 Å². The van der Waals surface area contributed by atoms with Gasteiger partial charge >= 0.3 is 6.09 Å². The van der Waals surface area contributed by atoms with Crippen LogP contribution in [0.3, 0.4) is 0 Å². The van der Waals surface area contributed by atoms with E-state index in [2.05, 4.69) is 20.6 Å². The predicted octanol–water partition coefficient (Wildman–Crippen LogP) is 2.08. The Morgan fingerprint density at radius 2 is 2.27 bits per heavy atom. The Labute approximate surface area is 131 Å². The maximum atomic E-state index is 12.1. The molecule has 0 spiro atoms. The third kappa shape index (κ3) is 4.52. The summed E-state index contributed by atoms with van der Waals surface area (Å²) in [4.78, 5) is 31.5. The molecular weight excluding hydrogens is 304 g/mol. The van der Waals surface area contributed by atoms with Crippen LogP contribution in [0.1, 0.15) is 23.0 Å². The molecule has 2 aromatic heterocycles. The van der Waals surface area contributed by atoms with Crippen LogP contribution in [-0.2, 0) is 11.2 Å². The number of aromatic nitrogens is 2. The van der Waals surface area contributed by atoms with E-state index in [-0.39, 0.29) is 18.2 Å². The van der Waals surface area contributed by atoms with Gasteiger partial charge in [-0.3, -0.25) is 15.1 Å². The van der Waals surface area contributed by atoms with Gasteiger partial charge in [0, 0.05) is 18.9 Å². The lowest BCUT2D eigenvalue weighted by Gasteiger charge is -2.06. The highest BCUT2D eigenvalue weighted by Crippen LogP contribution is 2.20. The van der Waals surface area contributed by atoms with Crippen LogP contribution in [0.15, 0.2) is 30.0 Å². The average Bonchev–Trinajstić information content (AvgIpc) is 2.96. The standard InChI is InChI=1S/C14H16N4O3S/c1-2-21-14(20)18-13-11(17-9-22-13)12(19)16-7-5-10-4-3-6-15-8-10/h3-4,6,8-9H,2,5,7H2,1H3,(H,16,19)(H,18,20). The van der Waals surface area contributed by atoms with Gasteiger partial charge in [0.15, 0.2) is 5.69 Å². The van der Waals surface area contributed by atoms with E-state index in [0.29, 0.717) is 18.0 Å². The van der Waals surface area contributed by atoms with Crippen molar-refractivity contribution < 1.29 is 14.3 Å². The summed E-state index contributed by atoms with van der Waals surface area (Å²) < 4.78 is 4.78. The van der Waals surface area contributed by atoms with Crippen LogP contribution in [-0.4, -0.2) is 35.1 Å². The summed E-state index contributed by atoms with van der Waals surface area (Å²) in [6.07, 6.45) is 3.52. The van der Waals surface area contributed by atoms with Crippen molar-refractivity contribution in [2.24, 2.45) is 0 Å². The van der Waals surface area contributed by atoms with Crippen molar-refractivity contribution in [3.63, 3.8) is 0 Å². The number of nitrogens with one attached hydrogen (secondary N) is 2. The van der Waals surface area contributed by atoms with Crippen molar-refractivity contribution in [3.05, 3.63) is 41.3 Å². The van der Waals surface area contributed by atoms with Crippen molar-refractivity contribution in [2.45, 2.75) is 13.3 Å². The van der Waals surface area contributed by atoms with Crippen LogP contribution < -0.4 is 10.6 Å². The van der Waals surface area contributed by atoms with E-state index in [4.69, 9.17) is 4.74 Å². The maximum Gasteiger partial charge on any atom is 0.412 e. The zero-order valence-corrected chi connectivity index (χ0v) is 12.9. The fraction of sp³-hybridized carbons (Fsp3) is 0.286. The first-order valence-corrected chi connectivity index (χ1v) is 7.63. The summed E-state index contributed by atoms with van der Waals surface area (Å²) >= 11 is 1.17. The molecule has 0 aromatic carbocycles. The van der Waals surface area contributed by atoms with Crippen LogP contribution in [0.2, 0.25) is 0 Å². The molecule has 0 bridgehead atoms. The molecule has 0 atom stereocenters. The lowest BCUT2D eigenvalue weighted by atomic mass is 10.2. The summed E-state index contributed by atoms with van der Waals surface area (Å²) in [6.45, 7) is 2.43. The Hall–Kier alpha value is -2.48. The zero-order chi connectivity index (χ0) is 15.8. The number of carbonyl (C=O) groups is 2. The Balaban J connectivity index is 1.87. The third-order valence-electron chi connectivity index (χ3n) is 2.70. The third-order valence-corrected chi connectivity index (χ3v) is 3.44. The lowest BCUT2D eigenvalue weighted by Crippen LogP contribution is -2.27. The largest absolute Gasteiger partial charge is 0.450 e. The second-order valence-electron chi connectivity index (χ2n) is 4.24. The smallest absolute Gasteiger partial charge is 0.412 e. The maximum absolute atomic E-state index is 12.1. The minimum absolute atomic E-state index is 0.184. The molecule has 8 heteroatoms. The molecule has 2 amide bonds. The van der Waals surface area contributed by atoms with E-state index in [1.165, 1.54) is 16.8 Å². The highest BCUT2D eigenvalue weighted by molar-refractivity contribution is 7.14. The Morgan fingerprint density at radius 1 is 1.41 bits per heavy atom. The van der Waals surface area contributed by atoms with Gasteiger partial charge in [-0.1, -0.05) is 6.07 Å². The van der Waals surface area contributed by atoms with Crippen molar-refractivity contribution in [3.8, 4) is 0 Å². The molecule has 0 unspecified atom stereocenters. The molecule has 0 saturated carbocycles. The number of anilines is 1. The first kappa shape index (κ1) is 15.9. The fourth-order valence-electron chi connectivity index (χ4n) is 1.71. The molecule has 22 heavy (non-hydrogen) atoms. The Morgan fingerprint density at radius 3 is 3.00 bits per heavy atom. The molecule has 7 nitrogen and oxygen atoms in total. The normalized spacial score (nSPS) is 10.0. The molecule has 0 aliphatic heterocycles. The van der Waals surface area contributed by atoms with Gasteiger partial charge in [0.25, 0.3) is 5.91 Å². The van der Waals surface area contributed by atoms with Crippen LogP contribution in [0.4, 0.5) is 9.80 Å². The number of carbonyl (C=O) groups excluding carboxylic acids is 2. The Bertz CT molecular complexity index is 630. The average molecular weight is 320 g/mol. The van der Waals surface area contributed by atoms with Crippen LogP contribution >= 0.6 is 11.3 Å². The van der Waals surface area contributed by atoms with Gasteiger partial charge in [-0.25, -0.2) is 9.78 Å². The summed E-state index contributed by atoms with van der Waals surface area (Å²) in [5.41, 5.74) is 2.72. The number of hydrogen-bond donors (Lipinski definition) is 2. The first-order chi connectivity index (χ1) is 10.7. The van der Waals surface area contributed by atoms with Gasteiger partial charge in [0.2, 0.25) is 0 Å². The van der Waals surface area contributed by atoms with Crippen molar-refractivity contribution in [1.82, 2.24) is 15.3 Å². The van der Waals surface area contributed by atoms with Gasteiger partial charge in [-0.05, 0) is 25.0 Å². The number of thiazole rings is 1. The minimum Gasteiger partial charge on any atom is -0.450 e. The van der Waals surface area contributed by atoms with E-state index in [1.54, 1.807) is 19.3 Å². The van der Waals surface area contributed by atoms with E-state index in [0.717, 1.165) is 5.56 Å². The SMILES string of the molecule is CCOC(=O)Nc1scnc1C(=O)NCCc1cccnc1. The van der Waals surface area contributed by atoms with Crippen molar-refractivity contribution in [2.75, 3.05) is 18.5 Å². The van der Waals surface area contributed by atoms with Crippen molar-refractivity contribution >= 4 is 28.3 Å². The molecule has 0 aliphatic carbocycles. The zero-order valence-electron chi connectivity index (χ0n) is 12.0. The molecule has 0 fully saturated rings. The number of amides is 2. The summed E-state index contributed by atoms with van der Waals surface area (Å²) in [5.74, 6) is -0.336. The molecule has 2 N–H and O–H groups in total. The van der Waals surface area contributed by atoms with Gasteiger partial charge < -0.3 is 10.1 Å². The van der Waals surface area contributed by atoms with E-state index < -0.39 is 6.09 Å². The molecule has 0 radical (unpaired) electrons. The predicted molar refractivity (Wildman–Crippen MR) is 83.0 cm³/mol. The van der Waals surface area contributed by atoms with Crippen LogP contribution in [0.5, 0.6) is 0 Å². The summed E-state index contributed by atoms with van der Waals surface area (Å²) in [6, 6.07) is 3.79. The molecule has 2 aromatic rings. The molecule has 116 valence electrons. The minimum atomic E-state index is -0.601. The second kappa shape index (κ2) is 8.08. The van der Waals surface area contributed by atoms with Gasteiger partial charge in [-0.2, -0.15) is 0 Å². The first-order valence-electron chi connectivity index (χ1n) is 6.75. The number of pyridine rings is 1. The number of nitrogens with zero attached hydrogens (tertiary/aromatic N) is 2. The quantitative estimate of drug-likeness (QED) is 0.850. The molecule has 2 rings (SSSR count). The second-order valence-corrected chi connectivity index (χ2v) is 5.10. The molecule has 0 aliphatic rings. The van der Waals surface area contributed by atoms with Crippen LogP contribution in [0.25, 0.3) is 0 Å². The fourth-order valence-corrected chi connectivity index (χ4v) is 2.37. The lowest BCUT2D eigenvalue weighted by molar-refractivity contribution is 0.0950. The highest BCUT2D eigenvalue weighted by Gasteiger charge is 2.16. The number of hydrogen-bond acceptors (Lipinski definition) is 6. The van der Waals surface area contributed by atoms with Gasteiger partial charge in [0.1, 0.15) is 5.00 Å². The monoisotopic (exact) mass is 320 g/mol. The summed E-state index contributed by atoms with van der Waals surface area (Å²) in [5, 5.41) is 5.64. The van der Waals surface area contributed by atoms with E-state index in [9.17, 15) is 9.59 Å². The van der Waals surface area contributed by atoms with E-state index >= 15 is 0 Å². The number of ether oxygens (including phenoxy) is 1. The summed E-state index contributed by atoms with van der Waals surface area (Å²) in [7, 11) is 0. The topological polar surface area (TPSA) is 93.2 Å².